The molecule has 0 aliphatic carbocycles. The predicted molar refractivity (Wildman–Crippen MR) is 82.7 cm³/mol. The molecule has 3 rings (SSSR count). The van der Waals surface area contributed by atoms with Crippen LogP contribution in [0.15, 0.2) is 21.6 Å². The van der Waals surface area contributed by atoms with Crippen LogP contribution < -0.4 is 0 Å². The molecule has 0 unspecified atom stereocenters. The lowest BCUT2D eigenvalue weighted by Gasteiger charge is -2.12. The third-order valence-electron chi connectivity index (χ3n) is 3.67. The lowest BCUT2D eigenvalue weighted by atomic mass is 10.0. The van der Waals surface area contributed by atoms with Crippen molar-refractivity contribution < 1.29 is 14.3 Å². The maximum Gasteiger partial charge on any atom is 0.347 e. The average molecular weight is 326 g/mol. The molecule has 1 aromatic heterocycles. The Hall–Kier alpha value is -1.49. The highest BCUT2D eigenvalue weighted by Gasteiger charge is 2.23. The number of rotatable bonds is 2. The highest BCUT2D eigenvalue weighted by molar-refractivity contribution is 6.43. The minimum atomic E-state index is -1.18. The van der Waals surface area contributed by atoms with Crippen LogP contribution in [0.4, 0.5) is 0 Å². The van der Waals surface area contributed by atoms with Gasteiger partial charge in [0.1, 0.15) is 16.4 Å². The van der Waals surface area contributed by atoms with Crippen molar-refractivity contribution in [2.75, 3.05) is 13.6 Å². The number of likely N-dealkylation sites (N-methyl/N-ethyl adjacent to an activating group) is 1. The van der Waals surface area contributed by atoms with Crippen LogP contribution in [-0.2, 0) is 17.8 Å². The Morgan fingerprint density at radius 2 is 2.19 bits per heavy atom. The number of carbonyl (C=O) groups is 1. The Bertz CT molecular complexity index is 764. The molecule has 0 saturated carbocycles. The number of aliphatic carboxylic acids is 1. The lowest BCUT2D eigenvalue weighted by molar-refractivity contribution is -0.131. The predicted octanol–water partition coefficient (Wildman–Crippen LogP) is 3.74. The number of hydrogen-bond donors (Lipinski definition) is 1. The molecule has 0 bridgehead atoms. The van der Waals surface area contributed by atoms with Gasteiger partial charge in [-0.1, -0.05) is 23.2 Å². The molecule has 1 aliphatic rings. The van der Waals surface area contributed by atoms with Gasteiger partial charge >= 0.3 is 5.97 Å². The zero-order valence-electron chi connectivity index (χ0n) is 11.3. The molecule has 6 heteroatoms. The number of carboxylic acids is 1. The molecule has 0 atom stereocenters. The standard InChI is InChI=1S/C15H13Cl2NO3/c1-18-5-4-8-10(16)2-3-12-14(8)9(7-18)13(21-12)6-11(17)15(19)20/h2-3,6H,4-5,7H2,1H3,(H,19,20). The van der Waals surface area contributed by atoms with Gasteiger partial charge in [0.2, 0.25) is 0 Å². The van der Waals surface area contributed by atoms with Crippen LogP contribution in [0.25, 0.3) is 17.0 Å². The fraction of sp³-hybridized carbons (Fsp3) is 0.267. The fourth-order valence-corrected chi connectivity index (χ4v) is 3.02. The van der Waals surface area contributed by atoms with E-state index in [1.165, 1.54) is 6.08 Å². The Morgan fingerprint density at radius 3 is 2.90 bits per heavy atom. The van der Waals surface area contributed by atoms with Crippen LogP contribution in [0, 0.1) is 0 Å². The second kappa shape index (κ2) is 5.37. The van der Waals surface area contributed by atoms with Crippen molar-refractivity contribution >= 4 is 46.2 Å². The summed E-state index contributed by atoms with van der Waals surface area (Å²) >= 11 is 12.0. The largest absolute Gasteiger partial charge is 0.477 e. The van der Waals surface area contributed by atoms with Gasteiger partial charge in [-0.25, -0.2) is 4.79 Å². The number of hydrogen-bond acceptors (Lipinski definition) is 3. The molecular weight excluding hydrogens is 313 g/mol. The van der Waals surface area contributed by atoms with Crippen LogP contribution >= 0.6 is 23.2 Å². The molecule has 1 aromatic carbocycles. The summed E-state index contributed by atoms with van der Waals surface area (Å²) in [6.45, 7) is 1.54. The van der Waals surface area contributed by atoms with Gasteiger partial charge in [-0.3, -0.25) is 0 Å². The Balaban J connectivity index is 2.28. The molecule has 0 amide bonds. The molecule has 1 aliphatic heterocycles. The van der Waals surface area contributed by atoms with E-state index in [-0.39, 0.29) is 5.03 Å². The van der Waals surface area contributed by atoms with Crippen LogP contribution in [0.1, 0.15) is 16.9 Å². The van der Waals surface area contributed by atoms with Crippen molar-refractivity contribution in [1.82, 2.24) is 4.90 Å². The number of benzene rings is 1. The zero-order chi connectivity index (χ0) is 15.1. The molecular formula is C15H13Cl2NO3. The second-order valence-electron chi connectivity index (χ2n) is 5.13. The first-order chi connectivity index (χ1) is 9.97. The summed E-state index contributed by atoms with van der Waals surface area (Å²) in [5.41, 5.74) is 2.69. The quantitative estimate of drug-likeness (QED) is 0.854. The molecule has 2 heterocycles. The summed E-state index contributed by atoms with van der Waals surface area (Å²) < 4.78 is 5.78. The maximum atomic E-state index is 10.9. The van der Waals surface area contributed by atoms with Crippen molar-refractivity contribution in [3.05, 3.63) is 39.1 Å². The van der Waals surface area contributed by atoms with Gasteiger partial charge in [0.15, 0.2) is 0 Å². The van der Waals surface area contributed by atoms with Gasteiger partial charge < -0.3 is 14.4 Å². The van der Waals surface area contributed by atoms with E-state index in [1.807, 2.05) is 19.2 Å². The number of halogens is 2. The zero-order valence-corrected chi connectivity index (χ0v) is 12.8. The first-order valence-corrected chi connectivity index (χ1v) is 7.24. The molecule has 4 nitrogen and oxygen atoms in total. The van der Waals surface area contributed by atoms with E-state index >= 15 is 0 Å². The SMILES string of the molecule is CN1CCc2c(Cl)ccc3oc(C=C(Cl)C(=O)O)c(c23)C1. The smallest absolute Gasteiger partial charge is 0.347 e. The monoisotopic (exact) mass is 325 g/mol. The molecule has 0 fully saturated rings. The maximum absolute atomic E-state index is 10.9. The van der Waals surface area contributed by atoms with Crippen molar-refractivity contribution in [3.63, 3.8) is 0 Å². The third kappa shape index (κ3) is 2.55. The summed E-state index contributed by atoms with van der Waals surface area (Å²) in [6, 6.07) is 3.62. The molecule has 21 heavy (non-hydrogen) atoms. The van der Waals surface area contributed by atoms with Crippen molar-refractivity contribution in [2.45, 2.75) is 13.0 Å². The molecule has 0 spiro atoms. The van der Waals surface area contributed by atoms with E-state index in [9.17, 15) is 4.79 Å². The van der Waals surface area contributed by atoms with E-state index < -0.39 is 5.97 Å². The van der Waals surface area contributed by atoms with E-state index in [1.54, 1.807) is 0 Å². The second-order valence-corrected chi connectivity index (χ2v) is 5.94. The van der Waals surface area contributed by atoms with Crippen molar-refractivity contribution in [3.8, 4) is 0 Å². The number of carboxylic acid groups (broad SMARTS) is 1. The lowest BCUT2D eigenvalue weighted by Crippen LogP contribution is -2.18. The minimum absolute atomic E-state index is 0.273. The van der Waals surface area contributed by atoms with Crippen LogP contribution in [0.5, 0.6) is 0 Å². The molecule has 110 valence electrons. The van der Waals surface area contributed by atoms with Gasteiger partial charge in [-0.05, 0) is 31.2 Å². The molecule has 0 saturated heterocycles. The highest BCUT2D eigenvalue weighted by Crippen LogP contribution is 2.37. The topological polar surface area (TPSA) is 53.7 Å². The normalized spacial score (nSPS) is 16.2. The van der Waals surface area contributed by atoms with E-state index in [4.69, 9.17) is 32.7 Å². The summed E-state index contributed by atoms with van der Waals surface area (Å²) in [6.07, 6.45) is 2.19. The molecule has 1 N–H and O–H groups in total. The highest BCUT2D eigenvalue weighted by atomic mass is 35.5. The van der Waals surface area contributed by atoms with Crippen LogP contribution in [-0.4, -0.2) is 29.6 Å². The minimum Gasteiger partial charge on any atom is -0.477 e. The van der Waals surface area contributed by atoms with E-state index in [0.29, 0.717) is 22.9 Å². The van der Waals surface area contributed by atoms with Crippen molar-refractivity contribution in [2.24, 2.45) is 0 Å². The summed E-state index contributed by atoms with van der Waals surface area (Å²) in [4.78, 5) is 13.1. The fourth-order valence-electron chi connectivity index (χ4n) is 2.67. The summed E-state index contributed by atoms with van der Waals surface area (Å²) in [7, 11) is 2.00. The van der Waals surface area contributed by atoms with Gasteiger partial charge in [0.05, 0.1) is 0 Å². The Morgan fingerprint density at radius 1 is 1.43 bits per heavy atom. The Labute approximate surface area is 131 Å². The first kappa shape index (κ1) is 14.4. The third-order valence-corrected chi connectivity index (χ3v) is 4.30. The van der Waals surface area contributed by atoms with Gasteiger partial charge in [-0.15, -0.1) is 0 Å². The van der Waals surface area contributed by atoms with Crippen molar-refractivity contribution in [1.29, 1.82) is 0 Å². The molecule has 2 aromatic rings. The summed E-state index contributed by atoms with van der Waals surface area (Å²) in [5, 5.41) is 10.3. The van der Waals surface area contributed by atoms with Gasteiger partial charge in [0.25, 0.3) is 0 Å². The number of furan rings is 1. The van der Waals surface area contributed by atoms with E-state index in [0.717, 1.165) is 29.5 Å². The first-order valence-electron chi connectivity index (χ1n) is 6.49. The summed E-state index contributed by atoms with van der Waals surface area (Å²) in [5.74, 6) is -0.695. The van der Waals surface area contributed by atoms with Crippen LogP contribution in [0.3, 0.4) is 0 Å². The molecule has 0 radical (unpaired) electrons. The Kier molecular flexibility index (Phi) is 3.69. The van der Waals surface area contributed by atoms with Crippen LogP contribution in [0.2, 0.25) is 5.02 Å². The number of nitrogens with zero attached hydrogens (tertiary/aromatic N) is 1. The van der Waals surface area contributed by atoms with E-state index in [2.05, 4.69) is 4.90 Å². The van der Waals surface area contributed by atoms with Gasteiger partial charge in [0, 0.05) is 35.1 Å². The van der Waals surface area contributed by atoms with Gasteiger partial charge in [-0.2, -0.15) is 0 Å². The average Bonchev–Trinajstić information content (AvgIpc) is 2.64.